The Bertz CT molecular complexity index is 751. The quantitative estimate of drug-likeness (QED) is 0.870. The number of hydrogen-bond donors (Lipinski definition) is 1. The second-order valence-electron chi connectivity index (χ2n) is 4.52. The van der Waals surface area contributed by atoms with Crippen LogP contribution < -0.4 is 10.2 Å². The fourth-order valence-corrected chi connectivity index (χ4v) is 2.33. The van der Waals surface area contributed by atoms with Crippen LogP contribution in [0.1, 0.15) is 10.6 Å². The minimum Gasteiger partial charge on any atom is -0.340 e. The van der Waals surface area contributed by atoms with Crippen LogP contribution in [0.15, 0.2) is 24.3 Å². The summed E-state index contributed by atoms with van der Waals surface area (Å²) in [5.41, 5.74) is 1.11. The fraction of sp³-hybridized carbons (Fsp3) is 0.214. The molecule has 0 spiro atoms. The molecule has 1 aromatic heterocycles. The average Bonchev–Trinajstić information content (AvgIpc) is 2.97. The van der Waals surface area contributed by atoms with E-state index in [2.05, 4.69) is 21.4 Å². The van der Waals surface area contributed by atoms with Crippen molar-refractivity contribution in [2.45, 2.75) is 6.18 Å². The van der Waals surface area contributed by atoms with Crippen LogP contribution in [-0.2, 0) is 11.0 Å². The fourth-order valence-electron chi connectivity index (χ4n) is 1.65. The maximum absolute atomic E-state index is 12.5. The van der Waals surface area contributed by atoms with Crippen LogP contribution in [0.5, 0.6) is 0 Å². The van der Waals surface area contributed by atoms with E-state index in [1.165, 1.54) is 11.9 Å². The van der Waals surface area contributed by atoms with Crippen molar-refractivity contribution in [3.8, 4) is 12.3 Å². The number of hydrogen-bond acceptors (Lipinski definition) is 5. The lowest BCUT2D eigenvalue weighted by Gasteiger charge is -2.14. The Morgan fingerprint density at radius 2 is 2.17 bits per heavy atom. The zero-order valence-corrected chi connectivity index (χ0v) is 12.7. The molecule has 0 unspecified atom stereocenters. The Morgan fingerprint density at radius 3 is 2.78 bits per heavy atom. The summed E-state index contributed by atoms with van der Waals surface area (Å²) in [4.78, 5) is 13.2. The lowest BCUT2D eigenvalue weighted by atomic mass is 10.2. The molecular weight excluding hydrogens is 329 g/mol. The molecule has 2 aromatic rings. The van der Waals surface area contributed by atoms with Crippen LogP contribution in [0.2, 0.25) is 0 Å². The third kappa shape index (κ3) is 4.43. The van der Waals surface area contributed by atoms with E-state index in [0.717, 1.165) is 0 Å². The van der Waals surface area contributed by atoms with Gasteiger partial charge in [0.05, 0.1) is 6.54 Å². The molecule has 1 heterocycles. The van der Waals surface area contributed by atoms with Crippen LogP contribution in [0, 0.1) is 12.3 Å². The number of terminal acetylenes is 1. The number of rotatable bonds is 4. The molecule has 9 heteroatoms. The zero-order chi connectivity index (χ0) is 17.0. The number of aromatic nitrogens is 2. The van der Waals surface area contributed by atoms with Gasteiger partial charge in [-0.15, -0.1) is 16.6 Å². The number of halogens is 3. The number of carbonyl (C=O) groups is 1. The predicted octanol–water partition coefficient (Wildman–Crippen LogP) is 2.61. The standard InChI is InChI=1S/C14H11F3N4OS/c1-3-9-5-4-6-10(7-9)18-11(22)8-21(2)13-20-19-12(23-13)14(15,16)17/h1,4-7H,8H2,2H3,(H,18,22). The third-order valence-corrected chi connectivity index (χ3v) is 3.76. The first-order valence-corrected chi connectivity index (χ1v) is 7.09. The van der Waals surface area contributed by atoms with Gasteiger partial charge in [0.2, 0.25) is 16.0 Å². The summed E-state index contributed by atoms with van der Waals surface area (Å²) in [7, 11) is 1.46. The second kappa shape index (κ2) is 6.66. The van der Waals surface area contributed by atoms with Crippen LogP contribution in [-0.4, -0.2) is 29.7 Å². The van der Waals surface area contributed by atoms with E-state index in [4.69, 9.17) is 6.42 Å². The van der Waals surface area contributed by atoms with Crippen molar-refractivity contribution in [1.29, 1.82) is 0 Å². The minimum absolute atomic E-state index is 0.00449. The van der Waals surface area contributed by atoms with Gasteiger partial charge in [-0.25, -0.2) is 0 Å². The monoisotopic (exact) mass is 340 g/mol. The number of nitrogens with one attached hydrogen (secondary N) is 1. The van der Waals surface area contributed by atoms with Crippen molar-refractivity contribution < 1.29 is 18.0 Å². The first-order chi connectivity index (χ1) is 10.8. The van der Waals surface area contributed by atoms with Gasteiger partial charge in [-0.1, -0.05) is 23.3 Å². The normalized spacial score (nSPS) is 10.9. The highest BCUT2D eigenvalue weighted by Crippen LogP contribution is 2.33. The van der Waals surface area contributed by atoms with Crippen LogP contribution in [0.25, 0.3) is 0 Å². The van der Waals surface area contributed by atoms with Gasteiger partial charge in [0.1, 0.15) is 0 Å². The molecule has 0 fully saturated rings. The molecule has 0 bridgehead atoms. The maximum Gasteiger partial charge on any atom is 0.445 e. The van der Waals surface area contributed by atoms with E-state index < -0.39 is 17.1 Å². The molecule has 0 radical (unpaired) electrons. The van der Waals surface area contributed by atoms with Gasteiger partial charge in [0.15, 0.2) is 0 Å². The number of alkyl halides is 3. The van der Waals surface area contributed by atoms with E-state index >= 15 is 0 Å². The van der Waals surface area contributed by atoms with Crippen molar-refractivity contribution in [2.75, 3.05) is 23.8 Å². The van der Waals surface area contributed by atoms with Gasteiger partial charge in [0.25, 0.3) is 0 Å². The van der Waals surface area contributed by atoms with Crippen molar-refractivity contribution in [1.82, 2.24) is 10.2 Å². The summed E-state index contributed by atoms with van der Waals surface area (Å²) in [5.74, 6) is 2.03. The summed E-state index contributed by atoms with van der Waals surface area (Å²) in [6, 6.07) is 6.67. The van der Waals surface area contributed by atoms with Crippen LogP contribution in [0.3, 0.4) is 0 Å². The largest absolute Gasteiger partial charge is 0.445 e. The Balaban J connectivity index is 1.99. The first-order valence-electron chi connectivity index (χ1n) is 6.28. The number of benzene rings is 1. The highest BCUT2D eigenvalue weighted by molar-refractivity contribution is 7.15. The molecule has 1 amide bonds. The molecule has 0 aliphatic rings. The molecule has 120 valence electrons. The Labute approximate surface area is 134 Å². The highest BCUT2D eigenvalue weighted by atomic mass is 32.1. The molecular formula is C14H11F3N4OS. The van der Waals surface area contributed by atoms with Crippen molar-refractivity contribution in [2.24, 2.45) is 0 Å². The van der Waals surface area contributed by atoms with Gasteiger partial charge in [0, 0.05) is 18.3 Å². The lowest BCUT2D eigenvalue weighted by molar-refractivity contribution is -0.138. The van der Waals surface area contributed by atoms with Gasteiger partial charge in [-0.3, -0.25) is 4.79 Å². The van der Waals surface area contributed by atoms with E-state index in [1.54, 1.807) is 24.3 Å². The Morgan fingerprint density at radius 1 is 1.43 bits per heavy atom. The van der Waals surface area contributed by atoms with Gasteiger partial charge < -0.3 is 10.2 Å². The van der Waals surface area contributed by atoms with Crippen LogP contribution >= 0.6 is 11.3 Å². The Hall–Kier alpha value is -2.60. The molecule has 0 atom stereocenters. The molecule has 1 aromatic carbocycles. The SMILES string of the molecule is C#Cc1cccc(NC(=O)CN(C)c2nnc(C(F)(F)F)s2)c1. The summed E-state index contributed by atoms with van der Waals surface area (Å²) in [5, 5.41) is 8.07. The molecule has 0 aliphatic carbocycles. The van der Waals surface area contributed by atoms with Crippen molar-refractivity contribution in [3.05, 3.63) is 34.8 Å². The number of likely N-dealkylation sites (N-methyl/N-ethyl adjacent to an activating group) is 1. The lowest BCUT2D eigenvalue weighted by Crippen LogP contribution is -2.30. The van der Waals surface area contributed by atoms with Crippen LogP contribution in [0.4, 0.5) is 24.0 Å². The van der Waals surface area contributed by atoms with E-state index in [0.29, 0.717) is 22.6 Å². The van der Waals surface area contributed by atoms with Gasteiger partial charge in [-0.2, -0.15) is 13.2 Å². The number of amides is 1. The molecule has 23 heavy (non-hydrogen) atoms. The first kappa shape index (κ1) is 16.8. The summed E-state index contributed by atoms with van der Waals surface area (Å²) >= 11 is 0.374. The van der Waals surface area contributed by atoms with E-state index in [-0.39, 0.29) is 11.7 Å². The molecule has 0 aliphatic heterocycles. The minimum atomic E-state index is -4.55. The zero-order valence-electron chi connectivity index (χ0n) is 11.9. The van der Waals surface area contributed by atoms with Gasteiger partial charge in [-0.05, 0) is 18.2 Å². The van der Waals surface area contributed by atoms with Gasteiger partial charge >= 0.3 is 6.18 Å². The summed E-state index contributed by atoms with van der Waals surface area (Å²) < 4.78 is 37.4. The molecule has 5 nitrogen and oxygen atoms in total. The third-order valence-electron chi connectivity index (χ3n) is 2.68. The number of nitrogens with zero attached hydrogens (tertiary/aromatic N) is 3. The summed E-state index contributed by atoms with van der Waals surface area (Å²) in [6.45, 7) is -0.174. The molecule has 2 rings (SSSR count). The number of carbonyl (C=O) groups excluding carboxylic acids is 1. The highest BCUT2D eigenvalue weighted by Gasteiger charge is 2.36. The summed E-state index contributed by atoms with van der Waals surface area (Å²) in [6.07, 6.45) is 0.720. The maximum atomic E-state index is 12.5. The van der Waals surface area contributed by atoms with Crippen molar-refractivity contribution >= 4 is 28.1 Å². The van der Waals surface area contributed by atoms with E-state index in [9.17, 15) is 18.0 Å². The topological polar surface area (TPSA) is 58.1 Å². The van der Waals surface area contributed by atoms with E-state index in [1.807, 2.05) is 0 Å². The van der Waals surface area contributed by atoms with Crippen molar-refractivity contribution in [3.63, 3.8) is 0 Å². The predicted molar refractivity (Wildman–Crippen MR) is 81.2 cm³/mol. The smallest absolute Gasteiger partial charge is 0.340 e. The molecule has 0 saturated heterocycles. The average molecular weight is 340 g/mol. The molecule has 0 saturated carbocycles. The molecule has 1 N–H and O–H groups in total. The number of anilines is 2. The Kier molecular flexibility index (Phi) is 4.86. The second-order valence-corrected chi connectivity index (χ2v) is 5.47.